The summed E-state index contributed by atoms with van der Waals surface area (Å²) >= 11 is -2.26. The van der Waals surface area contributed by atoms with Crippen molar-refractivity contribution in [3.63, 3.8) is 0 Å². The first-order valence-corrected chi connectivity index (χ1v) is 7.01. The van der Waals surface area contributed by atoms with Gasteiger partial charge in [-0.25, -0.2) is 0 Å². The molecule has 0 spiro atoms. The lowest BCUT2D eigenvalue weighted by atomic mass is 10.1. The van der Waals surface area contributed by atoms with Crippen molar-refractivity contribution in [3.05, 3.63) is 0 Å². The highest BCUT2D eigenvalue weighted by Crippen LogP contribution is 2.13. The molecule has 0 rings (SSSR count). The molecule has 0 amide bonds. The molecule has 0 radical (unpaired) electrons. The molecular formula is C11H21O4S-. The Morgan fingerprint density at radius 1 is 1.25 bits per heavy atom. The van der Waals surface area contributed by atoms with E-state index in [1.807, 2.05) is 0 Å². The molecule has 16 heavy (non-hydrogen) atoms. The molecule has 0 aliphatic carbocycles. The number of aliphatic carboxylic acids is 1. The third-order valence-electron chi connectivity index (χ3n) is 2.55. The Morgan fingerprint density at radius 3 is 2.31 bits per heavy atom. The van der Waals surface area contributed by atoms with Crippen LogP contribution in [0.25, 0.3) is 0 Å². The second kappa shape index (κ2) is 9.78. The number of carboxylic acids is 1. The predicted octanol–water partition coefficient (Wildman–Crippen LogP) is 2.46. The van der Waals surface area contributed by atoms with E-state index in [0.29, 0.717) is 6.42 Å². The largest absolute Gasteiger partial charge is 0.772 e. The first kappa shape index (κ1) is 15.6. The summed E-state index contributed by atoms with van der Waals surface area (Å²) in [5.74, 6) is -1.04. The van der Waals surface area contributed by atoms with Crippen LogP contribution in [0.15, 0.2) is 0 Å². The zero-order valence-electron chi connectivity index (χ0n) is 9.81. The van der Waals surface area contributed by atoms with Crippen LogP contribution in [0.2, 0.25) is 0 Å². The molecule has 0 aromatic carbocycles. The van der Waals surface area contributed by atoms with Crippen LogP contribution < -0.4 is 0 Å². The maximum Gasteiger partial charge on any atom is 0.304 e. The van der Waals surface area contributed by atoms with Gasteiger partial charge in [0.2, 0.25) is 0 Å². The lowest BCUT2D eigenvalue weighted by Crippen LogP contribution is -2.19. The van der Waals surface area contributed by atoms with E-state index in [9.17, 15) is 13.6 Å². The normalized spacial score (nSPS) is 14.6. The molecule has 1 N–H and O–H groups in total. The Balaban J connectivity index is 3.60. The lowest BCUT2D eigenvalue weighted by Gasteiger charge is -2.17. The number of hydrogen-bond donors (Lipinski definition) is 1. The average molecular weight is 249 g/mol. The molecule has 4 nitrogen and oxygen atoms in total. The van der Waals surface area contributed by atoms with Crippen LogP contribution in [-0.2, 0) is 15.9 Å². The van der Waals surface area contributed by atoms with Crippen molar-refractivity contribution < 1.29 is 18.7 Å². The van der Waals surface area contributed by atoms with Crippen LogP contribution in [0.4, 0.5) is 0 Å². The van der Waals surface area contributed by atoms with Gasteiger partial charge >= 0.3 is 5.97 Å². The minimum absolute atomic E-state index is 0.273. The standard InChI is InChI=1S/C11H22O4S/c1-2-3-4-5-6-7-8-10(16(14)15)9-11(12)13/h10H,2-9H2,1H3,(H,12,13)(H,14,15)/p-1. The molecular weight excluding hydrogens is 228 g/mol. The Labute approximate surface area is 99.7 Å². The van der Waals surface area contributed by atoms with E-state index in [4.69, 9.17) is 5.11 Å². The van der Waals surface area contributed by atoms with E-state index in [1.54, 1.807) is 0 Å². The Kier molecular flexibility index (Phi) is 9.52. The number of unbranched alkanes of at least 4 members (excludes halogenated alkanes) is 5. The Morgan fingerprint density at radius 2 is 1.81 bits per heavy atom. The van der Waals surface area contributed by atoms with Gasteiger partial charge in [-0.1, -0.05) is 56.5 Å². The minimum Gasteiger partial charge on any atom is -0.772 e. The zero-order valence-corrected chi connectivity index (χ0v) is 10.6. The van der Waals surface area contributed by atoms with Crippen LogP contribution in [0, 0.1) is 0 Å². The fourth-order valence-electron chi connectivity index (χ4n) is 1.61. The van der Waals surface area contributed by atoms with Crippen molar-refractivity contribution in [2.75, 3.05) is 0 Å². The van der Waals surface area contributed by atoms with Gasteiger partial charge in [0.15, 0.2) is 0 Å². The zero-order chi connectivity index (χ0) is 12.4. The summed E-state index contributed by atoms with van der Waals surface area (Å²) in [6.45, 7) is 2.14. The molecule has 0 aliphatic heterocycles. The van der Waals surface area contributed by atoms with E-state index in [-0.39, 0.29) is 6.42 Å². The molecule has 0 aromatic heterocycles. The summed E-state index contributed by atoms with van der Waals surface area (Å²) < 4.78 is 21.5. The molecule has 0 saturated heterocycles. The van der Waals surface area contributed by atoms with E-state index in [2.05, 4.69) is 6.92 Å². The van der Waals surface area contributed by atoms with Crippen LogP contribution >= 0.6 is 0 Å². The molecule has 2 unspecified atom stereocenters. The first-order chi connectivity index (χ1) is 7.57. The highest BCUT2D eigenvalue weighted by Gasteiger charge is 2.13. The molecule has 0 bridgehead atoms. The monoisotopic (exact) mass is 249 g/mol. The number of rotatable bonds is 10. The molecule has 5 heteroatoms. The summed E-state index contributed by atoms with van der Waals surface area (Å²) in [7, 11) is 0. The van der Waals surface area contributed by atoms with Crippen LogP contribution in [0.3, 0.4) is 0 Å². The van der Waals surface area contributed by atoms with Gasteiger partial charge in [0, 0.05) is 5.25 Å². The van der Waals surface area contributed by atoms with Crippen molar-refractivity contribution in [1.29, 1.82) is 0 Å². The molecule has 0 saturated carbocycles. The van der Waals surface area contributed by atoms with Crippen molar-refractivity contribution in [2.45, 2.75) is 63.5 Å². The Bertz CT molecular complexity index is 218. The molecule has 0 fully saturated rings. The summed E-state index contributed by atoms with van der Waals surface area (Å²) in [5.41, 5.74) is 0. The van der Waals surface area contributed by atoms with E-state index < -0.39 is 22.3 Å². The van der Waals surface area contributed by atoms with Gasteiger partial charge in [-0.3, -0.25) is 9.00 Å². The molecule has 0 aromatic rings. The van der Waals surface area contributed by atoms with Gasteiger partial charge in [-0.15, -0.1) is 0 Å². The lowest BCUT2D eigenvalue weighted by molar-refractivity contribution is -0.137. The van der Waals surface area contributed by atoms with Crippen molar-refractivity contribution in [1.82, 2.24) is 0 Å². The molecule has 96 valence electrons. The van der Waals surface area contributed by atoms with E-state index in [0.717, 1.165) is 19.3 Å². The Hall–Kier alpha value is -0.420. The van der Waals surface area contributed by atoms with Gasteiger partial charge in [0.05, 0.1) is 6.42 Å². The summed E-state index contributed by atoms with van der Waals surface area (Å²) in [6.07, 6.45) is 6.68. The third kappa shape index (κ3) is 8.85. The van der Waals surface area contributed by atoms with Crippen LogP contribution in [0.1, 0.15) is 58.3 Å². The maximum absolute atomic E-state index is 10.7. The smallest absolute Gasteiger partial charge is 0.304 e. The highest BCUT2D eigenvalue weighted by atomic mass is 32.2. The van der Waals surface area contributed by atoms with Crippen LogP contribution in [-0.4, -0.2) is 25.1 Å². The summed E-state index contributed by atoms with van der Waals surface area (Å²) in [6, 6.07) is 0. The van der Waals surface area contributed by atoms with Gasteiger partial charge < -0.3 is 9.66 Å². The second-order valence-electron chi connectivity index (χ2n) is 4.04. The SMILES string of the molecule is CCCCCCCCC(CC(=O)O)S(=O)[O-]. The van der Waals surface area contributed by atoms with Crippen molar-refractivity contribution >= 4 is 17.0 Å². The van der Waals surface area contributed by atoms with Gasteiger partial charge in [-0.2, -0.15) is 0 Å². The molecule has 0 aliphatic rings. The highest BCUT2D eigenvalue weighted by molar-refractivity contribution is 7.79. The maximum atomic E-state index is 10.7. The average Bonchev–Trinajstić information content (AvgIpc) is 2.20. The molecule has 2 atom stereocenters. The van der Waals surface area contributed by atoms with E-state index >= 15 is 0 Å². The number of hydrogen-bond acceptors (Lipinski definition) is 3. The van der Waals surface area contributed by atoms with Crippen molar-refractivity contribution in [2.24, 2.45) is 0 Å². The van der Waals surface area contributed by atoms with Crippen LogP contribution in [0.5, 0.6) is 0 Å². The van der Waals surface area contributed by atoms with Gasteiger partial charge in [0.25, 0.3) is 0 Å². The number of carboxylic acid groups (broad SMARTS) is 1. The first-order valence-electron chi connectivity index (χ1n) is 5.87. The van der Waals surface area contributed by atoms with Gasteiger partial charge in [-0.05, 0) is 6.42 Å². The summed E-state index contributed by atoms with van der Waals surface area (Å²) in [4.78, 5) is 10.4. The van der Waals surface area contributed by atoms with Crippen molar-refractivity contribution in [3.8, 4) is 0 Å². The fraction of sp³-hybridized carbons (Fsp3) is 0.909. The fourth-order valence-corrected chi connectivity index (χ4v) is 2.25. The van der Waals surface area contributed by atoms with E-state index in [1.165, 1.54) is 19.3 Å². The second-order valence-corrected chi connectivity index (χ2v) is 5.22. The predicted molar refractivity (Wildman–Crippen MR) is 63.0 cm³/mol. The summed E-state index contributed by atoms with van der Waals surface area (Å²) in [5, 5.41) is 7.81. The third-order valence-corrected chi connectivity index (χ3v) is 3.50. The van der Waals surface area contributed by atoms with Gasteiger partial charge in [0.1, 0.15) is 0 Å². The quantitative estimate of drug-likeness (QED) is 0.476. The number of carbonyl (C=O) groups is 1. The minimum atomic E-state index is -2.26. The topological polar surface area (TPSA) is 77.4 Å². The molecule has 0 heterocycles.